The second-order valence-corrected chi connectivity index (χ2v) is 5.15. The maximum Gasteiger partial charge on any atom is 0.276 e. The van der Waals surface area contributed by atoms with E-state index in [0.717, 1.165) is 12.8 Å². The van der Waals surface area contributed by atoms with E-state index in [9.17, 15) is 9.90 Å². The summed E-state index contributed by atoms with van der Waals surface area (Å²) in [5.74, 6) is 0.195. The fourth-order valence-corrected chi connectivity index (χ4v) is 2.46. The van der Waals surface area contributed by atoms with Gasteiger partial charge in [0.25, 0.3) is 5.91 Å². The van der Waals surface area contributed by atoms with E-state index < -0.39 is 5.60 Å². The van der Waals surface area contributed by atoms with Crippen LogP contribution in [0.4, 0.5) is 5.69 Å². The fourth-order valence-electron chi connectivity index (χ4n) is 2.46. The summed E-state index contributed by atoms with van der Waals surface area (Å²) in [4.78, 5) is 13.7. The van der Waals surface area contributed by atoms with Crippen LogP contribution in [0.5, 0.6) is 0 Å². The van der Waals surface area contributed by atoms with Gasteiger partial charge in [-0.25, -0.2) is 0 Å². The van der Waals surface area contributed by atoms with Gasteiger partial charge in [-0.15, -0.1) is 0 Å². The van der Waals surface area contributed by atoms with Crippen molar-refractivity contribution in [1.82, 2.24) is 14.7 Å². The molecule has 2 fully saturated rings. The number of carbonyl (C=O) groups excluding carboxylic acids is 1. The quantitative estimate of drug-likeness (QED) is 0.731. The molecule has 17 heavy (non-hydrogen) atoms. The lowest BCUT2D eigenvalue weighted by atomic mass is 9.88. The maximum atomic E-state index is 12.1. The monoisotopic (exact) mass is 236 g/mol. The molecule has 1 aromatic rings. The number of nitrogens with two attached hydrogens (primary N) is 1. The van der Waals surface area contributed by atoms with Gasteiger partial charge in [0, 0.05) is 13.2 Å². The average molecular weight is 236 g/mol. The average Bonchev–Trinajstić information content (AvgIpc) is 3.00. The van der Waals surface area contributed by atoms with Gasteiger partial charge in [-0.1, -0.05) is 0 Å². The Morgan fingerprint density at radius 2 is 2.24 bits per heavy atom. The molecule has 0 atom stereocenters. The number of rotatable bonds is 2. The Balaban J connectivity index is 1.71. The summed E-state index contributed by atoms with van der Waals surface area (Å²) in [6, 6.07) is 0. The summed E-state index contributed by atoms with van der Waals surface area (Å²) < 4.78 is 1.52. The van der Waals surface area contributed by atoms with Gasteiger partial charge in [0.05, 0.1) is 18.8 Å². The Morgan fingerprint density at radius 3 is 2.71 bits per heavy atom. The molecule has 3 N–H and O–H groups in total. The van der Waals surface area contributed by atoms with E-state index in [2.05, 4.69) is 5.10 Å². The van der Waals surface area contributed by atoms with Crippen LogP contribution in [0.1, 0.15) is 23.3 Å². The number of anilines is 1. The largest absolute Gasteiger partial charge is 0.396 e. The van der Waals surface area contributed by atoms with Crippen molar-refractivity contribution in [2.75, 3.05) is 18.8 Å². The van der Waals surface area contributed by atoms with Gasteiger partial charge in [-0.3, -0.25) is 9.48 Å². The Hall–Kier alpha value is -1.56. The molecule has 6 nitrogen and oxygen atoms in total. The zero-order valence-electron chi connectivity index (χ0n) is 9.76. The van der Waals surface area contributed by atoms with Crippen LogP contribution in [-0.2, 0) is 7.05 Å². The summed E-state index contributed by atoms with van der Waals surface area (Å²) in [7, 11) is 1.73. The Kier molecular flexibility index (Phi) is 2.01. The number of hydrogen-bond acceptors (Lipinski definition) is 4. The van der Waals surface area contributed by atoms with Crippen molar-refractivity contribution in [3.8, 4) is 0 Å². The lowest BCUT2D eigenvalue weighted by molar-refractivity contribution is -0.0959. The minimum absolute atomic E-state index is 0.187. The Bertz CT molecular complexity index is 472. The van der Waals surface area contributed by atoms with Gasteiger partial charge in [0.2, 0.25) is 0 Å². The molecule has 3 rings (SSSR count). The van der Waals surface area contributed by atoms with Gasteiger partial charge in [-0.2, -0.15) is 5.10 Å². The minimum atomic E-state index is -0.654. The molecule has 1 aliphatic heterocycles. The van der Waals surface area contributed by atoms with Gasteiger partial charge < -0.3 is 15.7 Å². The molecule has 1 saturated carbocycles. The third-order valence-corrected chi connectivity index (χ3v) is 3.61. The van der Waals surface area contributed by atoms with E-state index >= 15 is 0 Å². The van der Waals surface area contributed by atoms with Crippen molar-refractivity contribution < 1.29 is 9.90 Å². The number of aliphatic hydroxyl groups is 1. The molecule has 1 aliphatic carbocycles. The highest BCUT2D eigenvalue weighted by Gasteiger charge is 2.53. The summed E-state index contributed by atoms with van der Waals surface area (Å²) in [6.07, 6.45) is 3.76. The first-order valence-corrected chi connectivity index (χ1v) is 5.80. The van der Waals surface area contributed by atoms with Crippen LogP contribution in [0.2, 0.25) is 0 Å². The molecule has 1 aromatic heterocycles. The molecule has 2 heterocycles. The predicted molar refractivity (Wildman–Crippen MR) is 61.2 cm³/mol. The van der Waals surface area contributed by atoms with E-state index in [-0.39, 0.29) is 11.6 Å². The van der Waals surface area contributed by atoms with Crippen molar-refractivity contribution in [3.63, 3.8) is 0 Å². The van der Waals surface area contributed by atoms with Crippen LogP contribution >= 0.6 is 0 Å². The minimum Gasteiger partial charge on any atom is -0.396 e. The van der Waals surface area contributed by atoms with Gasteiger partial charge >= 0.3 is 0 Å². The molecule has 0 bridgehead atoms. The Morgan fingerprint density at radius 1 is 1.59 bits per heavy atom. The molecular weight excluding hydrogens is 220 g/mol. The first-order valence-electron chi connectivity index (χ1n) is 5.80. The number of carbonyl (C=O) groups is 1. The second kappa shape index (κ2) is 3.22. The number of nitrogen functional groups attached to an aromatic ring is 1. The molecule has 2 aliphatic rings. The summed E-state index contributed by atoms with van der Waals surface area (Å²) in [5, 5.41) is 14.2. The topological polar surface area (TPSA) is 84.4 Å². The van der Waals surface area contributed by atoms with Crippen LogP contribution in [0.25, 0.3) is 0 Å². The molecule has 0 radical (unpaired) electrons. The van der Waals surface area contributed by atoms with Crippen LogP contribution in [0, 0.1) is 5.92 Å². The van der Waals surface area contributed by atoms with Crippen LogP contribution in [0.3, 0.4) is 0 Å². The molecule has 0 spiro atoms. The molecule has 6 heteroatoms. The zero-order chi connectivity index (χ0) is 12.2. The molecular formula is C11H16N4O2. The van der Waals surface area contributed by atoms with Crippen molar-refractivity contribution in [3.05, 3.63) is 11.9 Å². The van der Waals surface area contributed by atoms with Crippen LogP contribution < -0.4 is 5.73 Å². The first kappa shape index (κ1) is 10.6. The van der Waals surface area contributed by atoms with E-state index in [4.69, 9.17) is 5.73 Å². The number of aromatic nitrogens is 2. The van der Waals surface area contributed by atoms with Crippen molar-refractivity contribution in [2.24, 2.45) is 13.0 Å². The zero-order valence-corrected chi connectivity index (χ0v) is 9.76. The lowest BCUT2D eigenvalue weighted by Gasteiger charge is -2.46. The number of likely N-dealkylation sites (tertiary alicyclic amines) is 1. The van der Waals surface area contributed by atoms with Crippen molar-refractivity contribution in [2.45, 2.75) is 18.4 Å². The predicted octanol–water partition coefficient (Wildman–Crippen LogP) is -0.401. The van der Waals surface area contributed by atoms with Crippen LogP contribution in [0.15, 0.2) is 6.20 Å². The number of hydrogen-bond donors (Lipinski definition) is 2. The molecule has 1 amide bonds. The van der Waals surface area contributed by atoms with E-state index in [1.165, 1.54) is 4.68 Å². The van der Waals surface area contributed by atoms with Crippen molar-refractivity contribution in [1.29, 1.82) is 0 Å². The lowest BCUT2D eigenvalue weighted by Crippen LogP contribution is -2.64. The standard InChI is InChI=1S/C11H16N4O2/c1-14-4-8(12)9(13-14)10(16)15-5-11(17,6-15)7-2-3-7/h4,7,17H,2-3,5-6,12H2,1H3. The number of amides is 1. The Labute approximate surface area is 99.0 Å². The SMILES string of the molecule is Cn1cc(N)c(C(=O)N2CC(O)(C3CC3)C2)n1. The number of β-amino-alcohol motifs (C(OH)–C–C–N with tert-alkyl or cyclic N) is 1. The normalized spacial score (nSPS) is 22.4. The van der Waals surface area contributed by atoms with Gasteiger partial charge in [0.1, 0.15) is 5.60 Å². The van der Waals surface area contributed by atoms with E-state index in [0.29, 0.717) is 24.7 Å². The summed E-state index contributed by atoms with van der Waals surface area (Å²) >= 11 is 0. The molecule has 92 valence electrons. The van der Waals surface area contributed by atoms with E-state index in [1.807, 2.05) is 0 Å². The van der Waals surface area contributed by atoms with Crippen LogP contribution in [-0.4, -0.2) is 44.4 Å². The van der Waals surface area contributed by atoms with E-state index in [1.54, 1.807) is 18.1 Å². The molecule has 0 aromatic carbocycles. The highest BCUT2D eigenvalue weighted by molar-refractivity contribution is 5.97. The van der Waals surface area contributed by atoms with Gasteiger partial charge in [0.15, 0.2) is 5.69 Å². The first-order chi connectivity index (χ1) is 7.99. The number of nitrogens with zero attached hydrogens (tertiary/aromatic N) is 3. The van der Waals surface area contributed by atoms with Crippen molar-refractivity contribution >= 4 is 11.6 Å². The second-order valence-electron chi connectivity index (χ2n) is 5.15. The van der Waals surface area contributed by atoms with Gasteiger partial charge in [-0.05, 0) is 18.8 Å². The smallest absolute Gasteiger partial charge is 0.276 e. The maximum absolute atomic E-state index is 12.1. The third-order valence-electron chi connectivity index (χ3n) is 3.61. The molecule has 1 saturated heterocycles. The third kappa shape index (κ3) is 1.59. The fraction of sp³-hybridized carbons (Fsp3) is 0.636. The summed E-state index contributed by atoms with van der Waals surface area (Å²) in [5.41, 5.74) is 5.72. The summed E-state index contributed by atoms with van der Waals surface area (Å²) in [6.45, 7) is 0.818. The highest BCUT2D eigenvalue weighted by Crippen LogP contribution is 2.44. The molecule has 0 unspecified atom stereocenters. The number of aryl methyl sites for hydroxylation is 1. The highest BCUT2D eigenvalue weighted by atomic mass is 16.3.